The Bertz CT molecular complexity index is 820. The number of halogens is 1. The van der Waals surface area contributed by atoms with E-state index < -0.39 is 30.0 Å². The van der Waals surface area contributed by atoms with Crippen LogP contribution in [0.4, 0.5) is 20.6 Å². The lowest BCUT2D eigenvalue weighted by Gasteiger charge is -2.24. The van der Waals surface area contributed by atoms with Gasteiger partial charge < -0.3 is 15.0 Å². The van der Waals surface area contributed by atoms with E-state index in [1.54, 1.807) is 17.0 Å². The molecule has 0 unspecified atom stereocenters. The predicted molar refractivity (Wildman–Crippen MR) is 102 cm³/mol. The van der Waals surface area contributed by atoms with Crippen LogP contribution in [0, 0.1) is 11.7 Å². The van der Waals surface area contributed by atoms with E-state index in [4.69, 9.17) is 4.74 Å². The lowest BCUT2D eigenvalue weighted by atomic mass is 10.1. The first kappa shape index (κ1) is 20.8. The number of nitrogens with one attached hydrogen (secondary N) is 1. The van der Waals surface area contributed by atoms with E-state index in [9.17, 15) is 24.0 Å². The van der Waals surface area contributed by atoms with Gasteiger partial charge in [0.1, 0.15) is 11.9 Å². The molecule has 2 saturated heterocycles. The van der Waals surface area contributed by atoms with Crippen molar-refractivity contribution in [2.45, 2.75) is 32.9 Å². The van der Waals surface area contributed by atoms with Crippen molar-refractivity contribution >= 4 is 29.3 Å². The molecule has 1 aromatic rings. The van der Waals surface area contributed by atoms with Gasteiger partial charge in [-0.25, -0.2) is 14.2 Å². The molecule has 0 radical (unpaired) electrons. The Morgan fingerprint density at radius 3 is 2.66 bits per heavy atom. The number of cyclic esters (lactones) is 1. The van der Waals surface area contributed by atoms with Gasteiger partial charge in [0.2, 0.25) is 11.8 Å². The zero-order valence-corrected chi connectivity index (χ0v) is 16.6. The van der Waals surface area contributed by atoms with Crippen LogP contribution in [0.5, 0.6) is 0 Å². The average Bonchev–Trinajstić information content (AvgIpc) is 3.21. The number of hydroxylamine groups is 2. The number of ether oxygens (including phenoxy) is 1. The molecule has 3 rings (SSSR count). The van der Waals surface area contributed by atoms with Gasteiger partial charge in [0, 0.05) is 26.9 Å². The summed E-state index contributed by atoms with van der Waals surface area (Å²) in [7, 11) is 0. The number of carbonyl (C=O) groups excluding carboxylic acids is 3. The molecular weight excluding hydrogens is 383 g/mol. The van der Waals surface area contributed by atoms with Crippen LogP contribution in [0.15, 0.2) is 18.2 Å². The van der Waals surface area contributed by atoms with Crippen LogP contribution in [0.25, 0.3) is 0 Å². The fraction of sp³-hybridized carbons (Fsp3) is 0.526. The van der Waals surface area contributed by atoms with Crippen molar-refractivity contribution in [1.82, 2.24) is 10.4 Å². The first-order valence-electron chi connectivity index (χ1n) is 9.43. The quantitative estimate of drug-likeness (QED) is 0.563. The third-order valence-electron chi connectivity index (χ3n) is 5.25. The van der Waals surface area contributed by atoms with E-state index in [0.717, 1.165) is 0 Å². The monoisotopic (exact) mass is 408 g/mol. The minimum Gasteiger partial charge on any atom is -0.442 e. The fourth-order valence-corrected chi connectivity index (χ4v) is 3.71. The molecule has 0 aliphatic carbocycles. The summed E-state index contributed by atoms with van der Waals surface area (Å²) in [6.07, 6.45) is -1.10. The normalized spacial score (nSPS) is 23.9. The maximum atomic E-state index is 14.8. The van der Waals surface area contributed by atoms with Crippen LogP contribution in [0.1, 0.15) is 20.8 Å². The minimum absolute atomic E-state index is 0.0360. The van der Waals surface area contributed by atoms with E-state index in [-0.39, 0.29) is 24.9 Å². The van der Waals surface area contributed by atoms with Crippen LogP contribution in [-0.4, -0.2) is 66.5 Å². The molecule has 0 aromatic heterocycles. The van der Waals surface area contributed by atoms with Crippen molar-refractivity contribution in [3.63, 3.8) is 0 Å². The van der Waals surface area contributed by atoms with Gasteiger partial charge in [0.15, 0.2) is 0 Å². The van der Waals surface area contributed by atoms with Crippen LogP contribution in [0.2, 0.25) is 0 Å². The van der Waals surface area contributed by atoms with E-state index in [1.165, 1.54) is 24.8 Å². The molecule has 2 N–H and O–H groups in total. The molecule has 1 aromatic carbocycles. The average molecular weight is 408 g/mol. The Kier molecular flexibility index (Phi) is 5.92. The number of hydrogen-bond acceptors (Lipinski definition) is 6. The molecule has 0 saturated carbocycles. The first-order valence-corrected chi connectivity index (χ1v) is 9.43. The van der Waals surface area contributed by atoms with Crippen molar-refractivity contribution in [3.05, 3.63) is 24.0 Å². The molecule has 10 heteroatoms. The van der Waals surface area contributed by atoms with Crippen LogP contribution < -0.4 is 15.1 Å². The molecule has 2 aliphatic heterocycles. The summed E-state index contributed by atoms with van der Waals surface area (Å²) in [5, 5.41) is 13.2. The van der Waals surface area contributed by atoms with Crippen molar-refractivity contribution in [2.24, 2.45) is 5.92 Å². The van der Waals surface area contributed by atoms with Gasteiger partial charge in [-0.2, -0.15) is 0 Å². The van der Waals surface area contributed by atoms with Gasteiger partial charge in [0.05, 0.1) is 30.5 Å². The standard InChI is InChI=1S/C19H25FN4O5/c1-11-8-22(10-18(11)24(28)13(3)26)17-5-4-14(6-16(17)20)23-9-15(29-19(23)27)7-21-12(2)25/h4-6,11,15,18,28H,7-10H2,1-3H3,(H,21,25)/t11-,15-,18-/m0/s1. The van der Waals surface area contributed by atoms with Crippen molar-refractivity contribution in [3.8, 4) is 0 Å². The molecule has 3 atom stereocenters. The van der Waals surface area contributed by atoms with Crippen molar-refractivity contribution in [2.75, 3.05) is 36.0 Å². The lowest BCUT2D eigenvalue weighted by Crippen LogP contribution is -2.40. The van der Waals surface area contributed by atoms with Gasteiger partial charge in [-0.1, -0.05) is 6.92 Å². The largest absolute Gasteiger partial charge is 0.442 e. The second-order valence-corrected chi connectivity index (χ2v) is 7.50. The topological polar surface area (TPSA) is 102 Å². The molecule has 3 amide bonds. The summed E-state index contributed by atoms with van der Waals surface area (Å²) in [4.78, 5) is 37.6. The highest BCUT2D eigenvalue weighted by molar-refractivity contribution is 5.90. The molecule has 2 aliphatic rings. The number of hydrogen-bond donors (Lipinski definition) is 2. The number of benzene rings is 1. The zero-order valence-electron chi connectivity index (χ0n) is 16.6. The highest BCUT2D eigenvalue weighted by Crippen LogP contribution is 2.32. The minimum atomic E-state index is -0.597. The lowest BCUT2D eigenvalue weighted by molar-refractivity contribution is -0.174. The van der Waals surface area contributed by atoms with Crippen LogP contribution in [0.3, 0.4) is 0 Å². The molecule has 0 bridgehead atoms. The summed E-state index contributed by atoms with van der Waals surface area (Å²) in [6.45, 7) is 5.72. The first-order chi connectivity index (χ1) is 13.7. The van der Waals surface area contributed by atoms with Crippen LogP contribution >= 0.6 is 0 Å². The van der Waals surface area contributed by atoms with Crippen LogP contribution in [-0.2, 0) is 14.3 Å². The highest BCUT2D eigenvalue weighted by Gasteiger charge is 2.37. The Hall–Kier alpha value is -2.88. The van der Waals surface area contributed by atoms with Gasteiger partial charge in [-0.3, -0.25) is 19.7 Å². The number of anilines is 2. The number of carbonyl (C=O) groups is 3. The Morgan fingerprint density at radius 2 is 2.03 bits per heavy atom. The molecule has 9 nitrogen and oxygen atoms in total. The predicted octanol–water partition coefficient (Wildman–Crippen LogP) is 1.35. The Morgan fingerprint density at radius 1 is 1.31 bits per heavy atom. The molecule has 2 fully saturated rings. The molecule has 158 valence electrons. The van der Waals surface area contributed by atoms with E-state index in [0.29, 0.717) is 29.5 Å². The van der Waals surface area contributed by atoms with Gasteiger partial charge in [-0.15, -0.1) is 0 Å². The third-order valence-corrected chi connectivity index (χ3v) is 5.25. The summed E-state index contributed by atoms with van der Waals surface area (Å²) < 4.78 is 20.0. The molecule has 2 heterocycles. The highest BCUT2D eigenvalue weighted by atomic mass is 19.1. The molecule has 29 heavy (non-hydrogen) atoms. The summed E-state index contributed by atoms with van der Waals surface area (Å²) in [5.74, 6) is -1.23. The zero-order chi connectivity index (χ0) is 21.3. The van der Waals surface area contributed by atoms with Gasteiger partial charge >= 0.3 is 6.09 Å². The Balaban J connectivity index is 1.70. The number of amides is 3. The molecular formula is C19H25FN4O5. The van der Waals surface area contributed by atoms with E-state index in [1.807, 2.05) is 6.92 Å². The maximum Gasteiger partial charge on any atom is 0.414 e. The molecule has 0 spiro atoms. The van der Waals surface area contributed by atoms with Gasteiger partial charge in [-0.05, 0) is 24.1 Å². The van der Waals surface area contributed by atoms with Gasteiger partial charge in [0.25, 0.3) is 0 Å². The smallest absolute Gasteiger partial charge is 0.414 e. The maximum absolute atomic E-state index is 14.8. The number of nitrogens with zero attached hydrogens (tertiary/aromatic N) is 3. The third kappa shape index (κ3) is 4.42. The fourth-order valence-electron chi connectivity index (χ4n) is 3.71. The van der Waals surface area contributed by atoms with E-state index >= 15 is 0 Å². The second-order valence-electron chi connectivity index (χ2n) is 7.50. The number of rotatable bonds is 5. The summed E-state index contributed by atoms with van der Waals surface area (Å²) >= 11 is 0. The SMILES string of the molecule is CC(=O)NC[C@H]1CN(c2ccc(N3C[C@H](C)[C@@H](N(O)C(C)=O)C3)c(F)c2)C(=O)O1. The van der Waals surface area contributed by atoms with Crippen molar-refractivity contribution in [1.29, 1.82) is 0 Å². The Labute approximate surface area is 168 Å². The second kappa shape index (κ2) is 8.24. The summed E-state index contributed by atoms with van der Waals surface area (Å²) in [5.41, 5.74) is 0.695. The van der Waals surface area contributed by atoms with E-state index in [2.05, 4.69) is 5.32 Å². The van der Waals surface area contributed by atoms with Crippen molar-refractivity contribution < 1.29 is 28.7 Å². The summed E-state index contributed by atoms with van der Waals surface area (Å²) in [6, 6.07) is 4.04.